The molecule has 0 aromatic carbocycles. The van der Waals surface area contributed by atoms with Crippen molar-refractivity contribution < 1.29 is 27.4 Å². The van der Waals surface area contributed by atoms with E-state index in [4.69, 9.17) is 4.74 Å². The van der Waals surface area contributed by atoms with E-state index >= 15 is 0 Å². The summed E-state index contributed by atoms with van der Waals surface area (Å²) in [6.45, 7) is 7.89. The second-order valence-electron chi connectivity index (χ2n) is 8.95. The third-order valence-electron chi connectivity index (χ3n) is 6.14. The maximum atomic E-state index is 12.7. The third-order valence-corrected chi connectivity index (χ3v) is 6.14. The Morgan fingerprint density at radius 3 is 2.59 bits per heavy atom. The molecule has 200 valence electrons. The van der Waals surface area contributed by atoms with E-state index in [1.165, 1.54) is 4.90 Å². The maximum absolute atomic E-state index is 12.7. The Bertz CT molecular complexity index is 1090. The van der Waals surface area contributed by atoms with Crippen molar-refractivity contribution in [3.8, 4) is 17.6 Å². The van der Waals surface area contributed by atoms with E-state index in [2.05, 4.69) is 45.6 Å². The second-order valence-corrected chi connectivity index (χ2v) is 8.95. The van der Waals surface area contributed by atoms with Crippen LogP contribution in [0.2, 0.25) is 0 Å². The Morgan fingerprint density at radius 2 is 1.97 bits per heavy atom. The summed E-state index contributed by atoms with van der Waals surface area (Å²) in [7, 11) is 0. The lowest BCUT2D eigenvalue weighted by Crippen LogP contribution is -2.55. The number of aromatic nitrogens is 2. The topological polar surface area (TPSA) is 67.8 Å². The van der Waals surface area contributed by atoms with Crippen molar-refractivity contribution in [3.05, 3.63) is 47.8 Å². The fourth-order valence-corrected chi connectivity index (χ4v) is 3.87. The van der Waals surface area contributed by atoms with Crippen LogP contribution in [0.5, 0.6) is 5.75 Å². The molecule has 0 saturated carbocycles. The first kappa shape index (κ1) is 28.1. The Labute approximate surface area is 216 Å². The van der Waals surface area contributed by atoms with Gasteiger partial charge in [-0.05, 0) is 26.2 Å². The molecule has 2 heterocycles. The molecule has 3 unspecified atom stereocenters. The normalized spacial score (nSPS) is 20.7. The Morgan fingerprint density at radius 1 is 1.24 bits per heavy atom. The average molecular weight is 519 g/mol. The van der Waals surface area contributed by atoms with Crippen molar-refractivity contribution in [1.82, 2.24) is 14.9 Å². The van der Waals surface area contributed by atoms with Crippen molar-refractivity contribution in [2.24, 2.45) is 5.92 Å². The SMILES string of the molecule is CCC#CC1=CC(CC)C=CC=C1COc1cnc(N2CCN(C(=O)OC(C)C(F)(F)F)CC2C)nc1. The summed E-state index contributed by atoms with van der Waals surface area (Å²) in [6, 6.07) is -0.214. The first-order chi connectivity index (χ1) is 17.6. The maximum Gasteiger partial charge on any atom is 0.425 e. The molecule has 0 radical (unpaired) electrons. The molecule has 0 N–H and O–H groups in total. The molecule has 1 saturated heterocycles. The number of carbonyl (C=O) groups excluding carboxylic acids is 1. The third kappa shape index (κ3) is 7.75. The summed E-state index contributed by atoms with van der Waals surface area (Å²) in [5.41, 5.74) is 1.94. The summed E-state index contributed by atoms with van der Waals surface area (Å²) in [5.74, 6) is 7.66. The molecular formula is C27H33F3N4O3. The molecule has 1 aliphatic heterocycles. The van der Waals surface area contributed by atoms with Crippen molar-refractivity contribution in [2.45, 2.75) is 58.9 Å². The fraction of sp³-hybridized carbons (Fsp3) is 0.519. The average Bonchev–Trinajstić information content (AvgIpc) is 3.07. The summed E-state index contributed by atoms with van der Waals surface area (Å²) in [4.78, 5) is 24.1. The van der Waals surface area contributed by atoms with Crippen molar-refractivity contribution in [2.75, 3.05) is 31.1 Å². The van der Waals surface area contributed by atoms with Crippen LogP contribution in [0.3, 0.4) is 0 Å². The van der Waals surface area contributed by atoms with Crippen LogP contribution in [0.25, 0.3) is 0 Å². The van der Waals surface area contributed by atoms with Gasteiger partial charge in [-0.15, -0.1) is 0 Å². The van der Waals surface area contributed by atoms with Crippen LogP contribution < -0.4 is 9.64 Å². The molecule has 1 aliphatic carbocycles. The fourth-order valence-electron chi connectivity index (χ4n) is 3.87. The number of halogens is 3. The molecule has 1 amide bonds. The number of rotatable bonds is 6. The molecule has 1 fully saturated rings. The number of piperazine rings is 1. The van der Waals surface area contributed by atoms with E-state index in [-0.39, 0.29) is 19.1 Å². The lowest BCUT2D eigenvalue weighted by molar-refractivity contribution is -0.199. The van der Waals surface area contributed by atoms with E-state index in [9.17, 15) is 18.0 Å². The van der Waals surface area contributed by atoms with Crippen molar-refractivity contribution >= 4 is 12.0 Å². The molecular weight excluding hydrogens is 485 g/mol. The quantitative estimate of drug-likeness (QED) is 0.475. The molecule has 10 heteroatoms. The van der Waals surface area contributed by atoms with Gasteiger partial charge in [-0.3, -0.25) is 0 Å². The second kappa shape index (κ2) is 12.7. The minimum Gasteiger partial charge on any atom is -0.486 e. The molecule has 0 spiro atoms. The van der Waals surface area contributed by atoms with Crippen LogP contribution in [-0.4, -0.2) is 65.5 Å². The van der Waals surface area contributed by atoms with Crippen LogP contribution in [-0.2, 0) is 4.74 Å². The first-order valence-corrected chi connectivity index (χ1v) is 12.4. The summed E-state index contributed by atoms with van der Waals surface area (Å²) >= 11 is 0. The summed E-state index contributed by atoms with van der Waals surface area (Å²) in [6.07, 6.45) is 5.57. The number of alkyl halides is 3. The van der Waals surface area contributed by atoms with Crippen molar-refractivity contribution in [3.63, 3.8) is 0 Å². The van der Waals surface area contributed by atoms with E-state index in [0.29, 0.717) is 30.8 Å². The minimum atomic E-state index is -4.59. The van der Waals surface area contributed by atoms with E-state index in [1.807, 2.05) is 30.9 Å². The number of carbonyl (C=O) groups is 1. The first-order valence-electron chi connectivity index (χ1n) is 12.4. The lowest BCUT2D eigenvalue weighted by Gasteiger charge is -2.39. The molecule has 1 aromatic heterocycles. The molecule has 2 aliphatic rings. The highest BCUT2D eigenvalue weighted by molar-refractivity contribution is 5.68. The number of allylic oxidation sites excluding steroid dienone is 4. The van der Waals surface area contributed by atoms with Gasteiger partial charge >= 0.3 is 12.3 Å². The van der Waals surface area contributed by atoms with Crippen molar-refractivity contribution in [1.29, 1.82) is 0 Å². The monoisotopic (exact) mass is 518 g/mol. The Balaban J connectivity index is 1.58. The van der Waals surface area contributed by atoms with Gasteiger partial charge in [-0.2, -0.15) is 13.2 Å². The van der Waals surface area contributed by atoms with Gasteiger partial charge in [0, 0.05) is 43.2 Å². The molecule has 1 aromatic rings. The highest BCUT2D eigenvalue weighted by Gasteiger charge is 2.40. The number of amides is 1. The van der Waals surface area contributed by atoms with Gasteiger partial charge < -0.3 is 19.3 Å². The van der Waals surface area contributed by atoms with Gasteiger partial charge in [-0.1, -0.05) is 50.0 Å². The molecule has 7 nitrogen and oxygen atoms in total. The Hall–Kier alpha value is -3.48. The number of hydrogen-bond donors (Lipinski definition) is 0. The van der Waals surface area contributed by atoms with E-state index in [1.54, 1.807) is 12.4 Å². The summed E-state index contributed by atoms with van der Waals surface area (Å²) < 4.78 is 48.6. The van der Waals surface area contributed by atoms with Crippen LogP contribution in [0.4, 0.5) is 23.9 Å². The highest BCUT2D eigenvalue weighted by atomic mass is 19.4. The largest absolute Gasteiger partial charge is 0.486 e. The zero-order valence-electron chi connectivity index (χ0n) is 21.6. The van der Waals surface area contributed by atoms with Gasteiger partial charge in [0.05, 0.1) is 12.4 Å². The van der Waals surface area contributed by atoms with Crippen LogP contribution in [0.1, 0.15) is 40.5 Å². The standard InChI is InChI=1S/C27H33F3N4O3/c1-5-7-10-22-14-21(6-2)9-8-11-23(22)18-36-24-15-31-25(32-16-24)34-13-12-33(17-19(34)3)26(35)37-20(4)27(28,29)30/h8-9,11,14-16,19-21H,5-6,12-13,17-18H2,1-4H3. The van der Waals surface area contributed by atoms with Gasteiger partial charge in [-0.25, -0.2) is 14.8 Å². The number of hydrogen-bond acceptors (Lipinski definition) is 6. The lowest BCUT2D eigenvalue weighted by atomic mass is 10.0. The molecule has 3 rings (SSSR count). The van der Waals surface area contributed by atoms with E-state index < -0.39 is 18.4 Å². The minimum absolute atomic E-state index is 0.194. The van der Waals surface area contributed by atoms with Gasteiger partial charge in [0.25, 0.3) is 0 Å². The predicted octanol–water partition coefficient (Wildman–Crippen LogP) is 5.32. The summed E-state index contributed by atoms with van der Waals surface area (Å²) in [5, 5.41) is 0. The zero-order chi connectivity index (χ0) is 27.0. The Kier molecular flexibility index (Phi) is 9.61. The van der Waals surface area contributed by atoms with Gasteiger partial charge in [0.2, 0.25) is 5.95 Å². The van der Waals surface area contributed by atoms with Crippen LogP contribution in [0, 0.1) is 17.8 Å². The zero-order valence-corrected chi connectivity index (χ0v) is 21.6. The van der Waals surface area contributed by atoms with E-state index in [0.717, 1.165) is 30.9 Å². The predicted molar refractivity (Wildman–Crippen MR) is 135 cm³/mol. The van der Waals surface area contributed by atoms with Crippen LogP contribution in [0.15, 0.2) is 47.8 Å². The highest BCUT2D eigenvalue weighted by Crippen LogP contribution is 2.25. The molecule has 3 atom stereocenters. The number of anilines is 1. The van der Waals surface area contributed by atoms with Gasteiger partial charge in [0.15, 0.2) is 11.9 Å². The number of nitrogens with zero attached hydrogens (tertiary/aromatic N) is 4. The molecule has 37 heavy (non-hydrogen) atoms. The molecule has 0 bridgehead atoms. The smallest absolute Gasteiger partial charge is 0.425 e. The van der Waals surface area contributed by atoms with Crippen LogP contribution >= 0.6 is 0 Å². The van der Waals surface area contributed by atoms with Gasteiger partial charge in [0.1, 0.15) is 6.61 Å². The number of ether oxygens (including phenoxy) is 2.